The minimum Gasteiger partial charge on any atom is -0.338 e. The Balaban J connectivity index is 1.32. The van der Waals surface area contributed by atoms with Crippen LogP contribution in [0, 0.1) is 5.92 Å². The highest BCUT2D eigenvalue weighted by Gasteiger charge is 2.30. The highest BCUT2D eigenvalue weighted by atomic mass is 16.2. The highest BCUT2D eigenvalue weighted by Crippen LogP contribution is 2.27. The molecule has 0 saturated heterocycles. The van der Waals surface area contributed by atoms with Crippen LogP contribution in [-0.2, 0) is 30.6 Å². The average molecular weight is 387 g/mol. The molecular formula is C24H25N3O2. The van der Waals surface area contributed by atoms with Crippen LogP contribution in [0.4, 0.5) is 0 Å². The van der Waals surface area contributed by atoms with Crippen molar-refractivity contribution in [1.82, 2.24) is 14.7 Å². The fraction of sp³-hybridized carbons (Fsp3) is 0.333. The molecule has 0 fully saturated rings. The summed E-state index contributed by atoms with van der Waals surface area (Å²) in [5.74, 6) is 0.235. The van der Waals surface area contributed by atoms with Crippen molar-refractivity contribution in [3.63, 3.8) is 0 Å². The second-order valence-electron chi connectivity index (χ2n) is 8.10. The summed E-state index contributed by atoms with van der Waals surface area (Å²) < 4.78 is 1.63. The number of para-hydroxylation sites is 1. The molecule has 1 aliphatic carbocycles. The normalized spacial score (nSPS) is 18.6. The minimum absolute atomic E-state index is 0.00867. The molecule has 1 atom stereocenters. The Hall–Kier alpha value is -3.08. The summed E-state index contributed by atoms with van der Waals surface area (Å²) >= 11 is 0. The largest absolute Gasteiger partial charge is 0.338 e. The van der Waals surface area contributed by atoms with E-state index in [-0.39, 0.29) is 17.4 Å². The summed E-state index contributed by atoms with van der Waals surface area (Å²) in [6, 6.07) is 18.1. The van der Waals surface area contributed by atoms with Gasteiger partial charge in [0.2, 0.25) is 5.91 Å². The van der Waals surface area contributed by atoms with Crippen LogP contribution in [0.1, 0.15) is 35.2 Å². The number of carbonyl (C=O) groups is 1. The molecule has 1 N–H and O–H groups in total. The maximum absolute atomic E-state index is 13.2. The predicted molar refractivity (Wildman–Crippen MR) is 112 cm³/mol. The number of aromatic nitrogens is 2. The van der Waals surface area contributed by atoms with Crippen molar-refractivity contribution >= 4 is 5.91 Å². The zero-order valence-electron chi connectivity index (χ0n) is 16.4. The van der Waals surface area contributed by atoms with Crippen LogP contribution in [0.3, 0.4) is 0 Å². The number of nitrogens with one attached hydrogen (secondary N) is 1. The molecule has 5 rings (SSSR count). The van der Waals surface area contributed by atoms with Gasteiger partial charge in [0.25, 0.3) is 5.56 Å². The predicted octanol–water partition coefficient (Wildman–Crippen LogP) is 3.25. The maximum Gasteiger partial charge on any atom is 0.274 e. The van der Waals surface area contributed by atoms with Gasteiger partial charge in [0, 0.05) is 30.3 Å². The van der Waals surface area contributed by atoms with E-state index >= 15 is 0 Å². The number of carbonyl (C=O) groups excluding carboxylic acids is 1. The van der Waals surface area contributed by atoms with Gasteiger partial charge >= 0.3 is 0 Å². The number of benzene rings is 2. The first kappa shape index (κ1) is 18.0. The summed E-state index contributed by atoms with van der Waals surface area (Å²) in [5, 5.41) is 3.29. The lowest BCUT2D eigenvalue weighted by molar-refractivity contribution is -0.136. The number of hydrogen-bond acceptors (Lipinski definition) is 2. The Kier molecular flexibility index (Phi) is 4.58. The molecule has 0 radical (unpaired) electrons. The zero-order valence-corrected chi connectivity index (χ0v) is 16.4. The van der Waals surface area contributed by atoms with E-state index in [0.29, 0.717) is 13.0 Å². The first-order chi connectivity index (χ1) is 14.2. The van der Waals surface area contributed by atoms with Crippen LogP contribution in [-0.4, -0.2) is 27.1 Å². The van der Waals surface area contributed by atoms with Gasteiger partial charge in [0.15, 0.2) is 0 Å². The van der Waals surface area contributed by atoms with Crippen LogP contribution in [0.15, 0.2) is 59.4 Å². The molecule has 3 aromatic rings. The van der Waals surface area contributed by atoms with Crippen molar-refractivity contribution in [1.29, 1.82) is 0 Å². The van der Waals surface area contributed by atoms with Crippen LogP contribution in [0.5, 0.6) is 0 Å². The number of aryl methyl sites for hydroxylation is 1. The van der Waals surface area contributed by atoms with E-state index in [9.17, 15) is 9.59 Å². The van der Waals surface area contributed by atoms with Gasteiger partial charge in [-0.3, -0.25) is 14.7 Å². The van der Waals surface area contributed by atoms with Crippen LogP contribution in [0.2, 0.25) is 0 Å². The van der Waals surface area contributed by atoms with Crippen molar-refractivity contribution < 1.29 is 4.79 Å². The van der Waals surface area contributed by atoms with E-state index in [4.69, 9.17) is 0 Å². The van der Waals surface area contributed by atoms with E-state index in [1.54, 1.807) is 4.68 Å². The lowest BCUT2D eigenvalue weighted by Crippen LogP contribution is -2.40. The number of hydrogen-bond donors (Lipinski definition) is 1. The second-order valence-corrected chi connectivity index (χ2v) is 8.10. The maximum atomic E-state index is 13.2. The molecule has 5 heteroatoms. The van der Waals surface area contributed by atoms with Crippen molar-refractivity contribution in [3.05, 3.63) is 87.3 Å². The summed E-state index contributed by atoms with van der Waals surface area (Å²) in [6.07, 6.45) is 3.86. The third kappa shape index (κ3) is 3.31. The number of fused-ring (bicyclic) bond motifs is 2. The molecule has 2 aliphatic rings. The molecule has 29 heavy (non-hydrogen) atoms. The molecule has 0 bridgehead atoms. The first-order valence-electron chi connectivity index (χ1n) is 10.4. The van der Waals surface area contributed by atoms with Gasteiger partial charge in [-0.05, 0) is 55.4 Å². The first-order valence-corrected chi connectivity index (χ1v) is 10.4. The Bertz CT molecular complexity index is 1100. The van der Waals surface area contributed by atoms with Gasteiger partial charge in [-0.15, -0.1) is 0 Å². The van der Waals surface area contributed by atoms with E-state index in [1.165, 1.54) is 11.1 Å². The lowest BCUT2D eigenvalue weighted by atomic mass is 9.94. The van der Waals surface area contributed by atoms with E-state index < -0.39 is 0 Å². The summed E-state index contributed by atoms with van der Waals surface area (Å²) in [6.45, 7) is 1.50. The topological polar surface area (TPSA) is 58.1 Å². The van der Waals surface area contributed by atoms with Gasteiger partial charge in [-0.2, -0.15) is 0 Å². The molecule has 2 aromatic carbocycles. The van der Waals surface area contributed by atoms with Gasteiger partial charge < -0.3 is 4.90 Å². The zero-order chi connectivity index (χ0) is 19.8. The number of aromatic amines is 1. The third-order valence-electron chi connectivity index (χ3n) is 6.36. The van der Waals surface area contributed by atoms with Crippen molar-refractivity contribution in [2.75, 3.05) is 6.54 Å². The number of amides is 1. The van der Waals surface area contributed by atoms with Crippen LogP contribution >= 0.6 is 0 Å². The molecule has 0 spiro atoms. The second kappa shape index (κ2) is 7.39. The monoisotopic (exact) mass is 387 g/mol. The van der Waals surface area contributed by atoms with Crippen LogP contribution in [0.25, 0.3) is 5.69 Å². The van der Waals surface area contributed by atoms with Gasteiger partial charge in [-0.1, -0.05) is 42.5 Å². The Labute approximate surface area is 170 Å². The summed E-state index contributed by atoms with van der Waals surface area (Å²) in [7, 11) is 0. The smallest absolute Gasteiger partial charge is 0.274 e. The highest BCUT2D eigenvalue weighted by molar-refractivity contribution is 5.79. The van der Waals surface area contributed by atoms with E-state index in [1.807, 2.05) is 41.3 Å². The quantitative estimate of drug-likeness (QED) is 0.687. The molecule has 1 unspecified atom stereocenters. The fourth-order valence-electron chi connectivity index (χ4n) is 4.71. The van der Waals surface area contributed by atoms with Crippen molar-refractivity contribution in [2.45, 2.75) is 38.6 Å². The average Bonchev–Trinajstić information content (AvgIpc) is 2.95. The van der Waals surface area contributed by atoms with Gasteiger partial charge in [-0.25, -0.2) is 4.68 Å². The molecular weight excluding hydrogens is 362 g/mol. The third-order valence-corrected chi connectivity index (χ3v) is 6.36. The van der Waals surface area contributed by atoms with Crippen molar-refractivity contribution in [3.8, 4) is 5.69 Å². The molecule has 1 aromatic heterocycles. The van der Waals surface area contributed by atoms with E-state index in [0.717, 1.165) is 49.2 Å². The molecule has 5 nitrogen and oxygen atoms in total. The number of H-pyrrole nitrogens is 1. The molecule has 2 heterocycles. The summed E-state index contributed by atoms with van der Waals surface area (Å²) in [4.78, 5) is 28.1. The van der Waals surface area contributed by atoms with Crippen LogP contribution < -0.4 is 5.56 Å². The molecule has 1 aliphatic heterocycles. The molecule has 148 valence electrons. The lowest BCUT2D eigenvalue weighted by Gasteiger charge is -2.31. The van der Waals surface area contributed by atoms with Gasteiger partial charge in [0.05, 0.1) is 5.69 Å². The van der Waals surface area contributed by atoms with Gasteiger partial charge in [0.1, 0.15) is 0 Å². The Morgan fingerprint density at radius 1 is 0.897 bits per heavy atom. The molecule has 0 saturated carbocycles. The minimum atomic E-state index is -0.00867. The number of nitrogens with zero attached hydrogens (tertiary/aromatic N) is 2. The standard InChI is InChI=1S/C24H25N3O2/c28-23(26-15-14-17-6-4-5-7-19(17)16-26)18-10-12-21-22(13-11-18)25-27(24(21)29)20-8-2-1-3-9-20/h1-9,18,25H,10-16H2. The molecule has 1 amide bonds. The number of rotatable bonds is 2. The Morgan fingerprint density at radius 2 is 1.62 bits per heavy atom. The Morgan fingerprint density at radius 3 is 2.45 bits per heavy atom. The van der Waals surface area contributed by atoms with E-state index in [2.05, 4.69) is 23.3 Å². The summed E-state index contributed by atoms with van der Waals surface area (Å²) in [5.41, 5.74) is 5.31. The SMILES string of the molecule is O=C(C1CCc2[nH]n(-c3ccccc3)c(=O)c2CC1)N1CCc2ccccc2C1. The fourth-order valence-corrected chi connectivity index (χ4v) is 4.71. The van der Waals surface area contributed by atoms with Crippen molar-refractivity contribution in [2.24, 2.45) is 5.92 Å².